The summed E-state index contributed by atoms with van der Waals surface area (Å²) in [5, 5.41) is 11.8. The third kappa shape index (κ3) is 4.39. The van der Waals surface area contributed by atoms with Gasteiger partial charge in [0.05, 0.1) is 5.92 Å². The van der Waals surface area contributed by atoms with E-state index in [1.807, 2.05) is 24.3 Å². The van der Waals surface area contributed by atoms with Crippen LogP contribution in [-0.4, -0.2) is 47.1 Å². The number of carbonyl (C=O) groups excluding carboxylic acids is 1. The lowest BCUT2D eigenvalue weighted by Gasteiger charge is -2.16. The summed E-state index contributed by atoms with van der Waals surface area (Å²) in [6, 6.07) is 7.57. The minimum Gasteiger partial charge on any atom is -0.481 e. The zero-order valence-electron chi connectivity index (χ0n) is 12.0. The van der Waals surface area contributed by atoms with Crippen LogP contribution in [0.1, 0.15) is 12.0 Å². The Morgan fingerprint density at radius 2 is 2.10 bits per heavy atom. The Morgan fingerprint density at radius 3 is 2.67 bits per heavy atom. The Hall–Kier alpha value is -1.69. The van der Waals surface area contributed by atoms with Gasteiger partial charge in [-0.1, -0.05) is 12.1 Å². The van der Waals surface area contributed by atoms with Crippen LogP contribution in [0.5, 0.6) is 0 Å². The fourth-order valence-electron chi connectivity index (χ4n) is 2.32. The molecule has 0 spiro atoms. The van der Waals surface area contributed by atoms with Crippen molar-refractivity contribution in [1.82, 2.24) is 4.90 Å². The fraction of sp³-hybridized carbons (Fsp3) is 0.467. The van der Waals surface area contributed by atoms with Crippen LogP contribution in [0, 0.1) is 5.92 Å². The van der Waals surface area contributed by atoms with E-state index in [1.165, 1.54) is 5.56 Å². The van der Waals surface area contributed by atoms with Crippen LogP contribution in [0.4, 0.5) is 10.5 Å². The van der Waals surface area contributed by atoms with Crippen LogP contribution in [0.15, 0.2) is 24.3 Å². The molecule has 0 saturated carbocycles. The highest BCUT2D eigenvalue weighted by molar-refractivity contribution is 7.98. The van der Waals surface area contributed by atoms with Crippen molar-refractivity contribution in [2.24, 2.45) is 5.92 Å². The molecule has 1 saturated heterocycles. The summed E-state index contributed by atoms with van der Waals surface area (Å²) < 4.78 is 0. The van der Waals surface area contributed by atoms with E-state index in [4.69, 9.17) is 5.11 Å². The van der Waals surface area contributed by atoms with Gasteiger partial charge in [-0.3, -0.25) is 4.79 Å². The number of thioether (sulfide) groups is 1. The van der Waals surface area contributed by atoms with Gasteiger partial charge in [0.1, 0.15) is 0 Å². The van der Waals surface area contributed by atoms with Gasteiger partial charge in [0.15, 0.2) is 0 Å². The maximum absolute atomic E-state index is 12.1. The van der Waals surface area contributed by atoms with E-state index in [9.17, 15) is 9.59 Å². The fourth-order valence-corrected chi connectivity index (χ4v) is 2.76. The van der Waals surface area contributed by atoms with Gasteiger partial charge in [-0.15, -0.1) is 0 Å². The zero-order valence-corrected chi connectivity index (χ0v) is 12.9. The molecule has 2 rings (SSSR count). The van der Waals surface area contributed by atoms with E-state index < -0.39 is 11.9 Å². The molecule has 1 atom stereocenters. The number of hydrogen-bond acceptors (Lipinski definition) is 3. The number of anilines is 1. The predicted octanol–water partition coefficient (Wildman–Crippen LogP) is 2.53. The molecule has 0 aliphatic carbocycles. The molecule has 21 heavy (non-hydrogen) atoms. The smallest absolute Gasteiger partial charge is 0.321 e. The monoisotopic (exact) mass is 308 g/mol. The van der Waals surface area contributed by atoms with Crippen LogP contribution in [0.25, 0.3) is 0 Å². The Labute approximate surface area is 128 Å². The van der Waals surface area contributed by atoms with Gasteiger partial charge in [-0.2, -0.15) is 11.8 Å². The maximum Gasteiger partial charge on any atom is 0.321 e. The van der Waals surface area contributed by atoms with Gasteiger partial charge in [-0.25, -0.2) is 4.79 Å². The van der Waals surface area contributed by atoms with Crippen molar-refractivity contribution in [2.75, 3.05) is 30.4 Å². The number of hydrogen-bond donors (Lipinski definition) is 2. The molecule has 0 bridgehead atoms. The number of nitrogens with zero attached hydrogens (tertiary/aromatic N) is 1. The lowest BCUT2D eigenvalue weighted by molar-refractivity contribution is -0.141. The van der Waals surface area contributed by atoms with Crippen LogP contribution < -0.4 is 5.32 Å². The second-order valence-electron chi connectivity index (χ2n) is 5.14. The van der Waals surface area contributed by atoms with E-state index in [0.29, 0.717) is 13.0 Å². The number of amides is 2. The third-order valence-corrected chi connectivity index (χ3v) is 4.24. The minimum atomic E-state index is -0.830. The number of aliphatic carboxylic acids is 1. The Kier molecular flexibility index (Phi) is 5.50. The highest BCUT2D eigenvalue weighted by atomic mass is 32.2. The first-order chi connectivity index (χ1) is 10.1. The molecule has 114 valence electrons. The molecule has 0 aromatic heterocycles. The van der Waals surface area contributed by atoms with E-state index in [0.717, 1.165) is 17.9 Å². The number of carbonyl (C=O) groups is 2. The summed E-state index contributed by atoms with van der Waals surface area (Å²) in [7, 11) is 0. The average Bonchev–Trinajstić information content (AvgIpc) is 2.97. The molecule has 5 nitrogen and oxygen atoms in total. The SMILES string of the molecule is CSCCc1ccc(NC(=O)N2CCC(C(=O)O)C2)cc1. The van der Waals surface area contributed by atoms with Crippen molar-refractivity contribution >= 4 is 29.4 Å². The normalized spacial score (nSPS) is 17.8. The molecule has 0 radical (unpaired) electrons. The molecule has 1 heterocycles. The van der Waals surface area contributed by atoms with Crippen LogP contribution in [0.3, 0.4) is 0 Å². The summed E-state index contributed by atoms with van der Waals surface area (Å²) in [5.74, 6) is -0.191. The number of rotatable bonds is 5. The number of carboxylic acid groups (broad SMARTS) is 1. The van der Waals surface area contributed by atoms with Crippen molar-refractivity contribution in [3.63, 3.8) is 0 Å². The topological polar surface area (TPSA) is 69.6 Å². The molecular formula is C15H20N2O3S. The number of nitrogens with one attached hydrogen (secondary N) is 1. The van der Waals surface area contributed by atoms with Crippen LogP contribution in [0.2, 0.25) is 0 Å². The quantitative estimate of drug-likeness (QED) is 0.877. The van der Waals surface area contributed by atoms with Gasteiger partial charge in [-0.05, 0) is 42.5 Å². The molecule has 1 aliphatic heterocycles. The third-order valence-electron chi connectivity index (χ3n) is 3.62. The summed E-state index contributed by atoms with van der Waals surface area (Å²) in [4.78, 5) is 24.5. The number of benzene rings is 1. The molecule has 1 fully saturated rings. The van der Waals surface area contributed by atoms with E-state index >= 15 is 0 Å². The Morgan fingerprint density at radius 1 is 1.38 bits per heavy atom. The highest BCUT2D eigenvalue weighted by Gasteiger charge is 2.30. The van der Waals surface area contributed by atoms with Crippen molar-refractivity contribution in [3.8, 4) is 0 Å². The van der Waals surface area contributed by atoms with Gasteiger partial charge in [0.25, 0.3) is 0 Å². The molecule has 1 aliphatic rings. The first-order valence-electron chi connectivity index (χ1n) is 6.96. The van der Waals surface area contributed by atoms with Gasteiger partial charge in [0, 0.05) is 18.8 Å². The number of likely N-dealkylation sites (tertiary alicyclic amines) is 1. The minimum absolute atomic E-state index is 0.226. The zero-order chi connectivity index (χ0) is 15.2. The molecule has 2 amide bonds. The lowest BCUT2D eigenvalue weighted by Crippen LogP contribution is -2.33. The number of aryl methyl sites for hydroxylation is 1. The first kappa shape index (κ1) is 15.7. The van der Waals surface area contributed by atoms with E-state index in [1.54, 1.807) is 16.7 Å². The lowest BCUT2D eigenvalue weighted by atomic mass is 10.1. The maximum atomic E-state index is 12.1. The Balaban J connectivity index is 1.87. The highest BCUT2D eigenvalue weighted by Crippen LogP contribution is 2.18. The van der Waals surface area contributed by atoms with Crippen LogP contribution in [-0.2, 0) is 11.2 Å². The molecule has 2 N–H and O–H groups in total. The number of urea groups is 1. The van der Waals surface area contributed by atoms with Gasteiger partial charge >= 0.3 is 12.0 Å². The summed E-state index contributed by atoms with van der Waals surface area (Å²) in [5.41, 5.74) is 1.99. The van der Waals surface area contributed by atoms with Crippen molar-refractivity contribution in [3.05, 3.63) is 29.8 Å². The first-order valence-corrected chi connectivity index (χ1v) is 8.36. The second kappa shape index (κ2) is 7.36. The van der Waals surface area contributed by atoms with Gasteiger partial charge in [0.2, 0.25) is 0 Å². The molecule has 6 heteroatoms. The van der Waals surface area contributed by atoms with Crippen molar-refractivity contribution < 1.29 is 14.7 Å². The van der Waals surface area contributed by atoms with Crippen LogP contribution >= 0.6 is 11.8 Å². The number of carboxylic acids is 1. The Bertz CT molecular complexity index is 504. The molecular weight excluding hydrogens is 288 g/mol. The molecule has 1 aromatic carbocycles. The van der Waals surface area contributed by atoms with E-state index in [2.05, 4.69) is 11.6 Å². The molecule has 1 aromatic rings. The summed E-state index contributed by atoms with van der Waals surface area (Å²) in [6.07, 6.45) is 3.62. The average molecular weight is 308 g/mol. The van der Waals surface area contributed by atoms with Gasteiger partial charge < -0.3 is 15.3 Å². The molecule has 1 unspecified atom stereocenters. The standard InChI is InChI=1S/C15H20N2O3S/c1-21-9-7-11-2-4-13(5-3-11)16-15(20)17-8-6-12(10-17)14(18)19/h2-5,12H,6-10H2,1H3,(H,16,20)(H,18,19). The largest absolute Gasteiger partial charge is 0.481 e. The second-order valence-corrected chi connectivity index (χ2v) is 6.13. The van der Waals surface area contributed by atoms with Crippen molar-refractivity contribution in [1.29, 1.82) is 0 Å². The summed E-state index contributed by atoms with van der Waals surface area (Å²) >= 11 is 1.81. The van der Waals surface area contributed by atoms with Crippen molar-refractivity contribution in [2.45, 2.75) is 12.8 Å². The predicted molar refractivity (Wildman–Crippen MR) is 84.9 cm³/mol. The summed E-state index contributed by atoms with van der Waals surface area (Å²) in [6.45, 7) is 0.779. The van der Waals surface area contributed by atoms with E-state index in [-0.39, 0.29) is 12.6 Å².